The molecule has 0 aliphatic carbocycles. The summed E-state index contributed by atoms with van der Waals surface area (Å²) in [5.74, 6) is -0.0534. The number of nitrogens with one attached hydrogen (secondary N) is 1. The molecule has 0 spiro atoms. The minimum Gasteiger partial charge on any atom is -0.388 e. The molecule has 106 valence electrons. The summed E-state index contributed by atoms with van der Waals surface area (Å²) >= 11 is 0. The quantitative estimate of drug-likeness (QED) is 0.817. The van der Waals surface area contributed by atoms with Gasteiger partial charge >= 0.3 is 0 Å². The second-order valence-corrected chi connectivity index (χ2v) is 5.12. The van der Waals surface area contributed by atoms with Gasteiger partial charge in [0.1, 0.15) is 6.07 Å². The average molecular weight is 274 g/mol. The number of rotatable bonds is 4. The van der Waals surface area contributed by atoms with Gasteiger partial charge in [-0.1, -0.05) is 0 Å². The SMILES string of the molecule is CC(=O)c1ccc(C#N)c(NCC2(O)CCOCC2)c1. The maximum absolute atomic E-state index is 11.4. The van der Waals surface area contributed by atoms with Crippen molar-refractivity contribution in [2.45, 2.75) is 25.4 Å². The van der Waals surface area contributed by atoms with Crippen LogP contribution in [0.2, 0.25) is 0 Å². The van der Waals surface area contributed by atoms with Crippen LogP contribution in [0.15, 0.2) is 18.2 Å². The van der Waals surface area contributed by atoms with Gasteiger partial charge in [-0.25, -0.2) is 0 Å². The summed E-state index contributed by atoms with van der Waals surface area (Å²) in [6.45, 7) is 2.90. The Morgan fingerprint density at radius 2 is 2.20 bits per heavy atom. The zero-order valence-corrected chi connectivity index (χ0v) is 11.5. The number of ether oxygens (including phenoxy) is 1. The number of Topliss-reactive ketones (excluding diaryl/α,β-unsaturated/α-hetero) is 1. The van der Waals surface area contributed by atoms with E-state index in [4.69, 9.17) is 10.00 Å². The first-order valence-corrected chi connectivity index (χ1v) is 6.63. The van der Waals surface area contributed by atoms with E-state index in [1.807, 2.05) is 0 Å². The number of hydrogen-bond acceptors (Lipinski definition) is 5. The zero-order valence-electron chi connectivity index (χ0n) is 11.5. The van der Waals surface area contributed by atoms with E-state index in [0.717, 1.165) is 0 Å². The van der Waals surface area contributed by atoms with Gasteiger partial charge in [-0.05, 0) is 25.1 Å². The van der Waals surface area contributed by atoms with Crippen molar-refractivity contribution in [3.63, 3.8) is 0 Å². The Kier molecular flexibility index (Phi) is 4.38. The highest BCUT2D eigenvalue weighted by molar-refractivity contribution is 5.95. The fourth-order valence-electron chi connectivity index (χ4n) is 2.19. The van der Waals surface area contributed by atoms with E-state index in [1.54, 1.807) is 18.2 Å². The summed E-state index contributed by atoms with van der Waals surface area (Å²) in [4.78, 5) is 11.4. The number of carbonyl (C=O) groups excluding carboxylic acids is 1. The molecular weight excluding hydrogens is 256 g/mol. The Balaban J connectivity index is 2.13. The van der Waals surface area contributed by atoms with Gasteiger partial charge in [0, 0.05) is 38.2 Å². The van der Waals surface area contributed by atoms with Gasteiger partial charge in [0.15, 0.2) is 5.78 Å². The maximum Gasteiger partial charge on any atom is 0.159 e. The zero-order chi connectivity index (χ0) is 14.6. The topological polar surface area (TPSA) is 82.4 Å². The fraction of sp³-hybridized carbons (Fsp3) is 0.467. The second-order valence-electron chi connectivity index (χ2n) is 5.12. The fourth-order valence-corrected chi connectivity index (χ4v) is 2.19. The molecule has 0 aromatic heterocycles. The predicted octanol–water partition coefficient (Wildman–Crippen LogP) is 1.71. The van der Waals surface area contributed by atoms with Crippen LogP contribution in [0, 0.1) is 11.3 Å². The smallest absolute Gasteiger partial charge is 0.159 e. The summed E-state index contributed by atoms with van der Waals surface area (Å²) in [7, 11) is 0. The number of hydrogen-bond donors (Lipinski definition) is 2. The molecule has 0 unspecified atom stereocenters. The molecule has 2 N–H and O–H groups in total. The summed E-state index contributed by atoms with van der Waals surface area (Å²) < 4.78 is 5.23. The largest absolute Gasteiger partial charge is 0.388 e. The molecule has 0 amide bonds. The Morgan fingerprint density at radius 1 is 1.50 bits per heavy atom. The van der Waals surface area contributed by atoms with Gasteiger partial charge < -0.3 is 15.2 Å². The van der Waals surface area contributed by atoms with E-state index >= 15 is 0 Å². The van der Waals surface area contributed by atoms with E-state index in [9.17, 15) is 9.90 Å². The van der Waals surface area contributed by atoms with Crippen LogP contribution in [0.4, 0.5) is 5.69 Å². The minimum atomic E-state index is -0.822. The van der Waals surface area contributed by atoms with E-state index in [-0.39, 0.29) is 5.78 Å². The lowest BCUT2D eigenvalue weighted by Gasteiger charge is -2.32. The standard InChI is InChI=1S/C15H18N2O3/c1-11(18)12-2-3-13(9-16)14(8-12)17-10-15(19)4-6-20-7-5-15/h2-3,8,17,19H,4-7,10H2,1H3. The average Bonchev–Trinajstić information content (AvgIpc) is 2.45. The third kappa shape index (κ3) is 3.35. The van der Waals surface area contributed by atoms with Gasteiger partial charge in [-0.15, -0.1) is 0 Å². The number of nitriles is 1. The lowest BCUT2D eigenvalue weighted by atomic mass is 9.94. The molecule has 0 bridgehead atoms. The van der Waals surface area contributed by atoms with Gasteiger partial charge in [0.05, 0.1) is 16.9 Å². The number of ketones is 1. The third-order valence-electron chi connectivity index (χ3n) is 3.58. The molecule has 1 saturated heterocycles. The summed E-state index contributed by atoms with van der Waals surface area (Å²) in [6, 6.07) is 6.99. The third-order valence-corrected chi connectivity index (χ3v) is 3.58. The Labute approximate surface area is 118 Å². The van der Waals surface area contributed by atoms with Crippen LogP contribution in [-0.4, -0.2) is 36.2 Å². The number of carbonyl (C=O) groups is 1. The molecule has 1 heterocycles. The molecule has 1 aliphatic rings. The highest BCUT2D eigenvalue weighted by atomic mass is 16.5. The van der Waals surface area contributed by atoms with Crippen molar-refractivity contribution in [2.24, 2.45) is 0 Å². The molecule has 5 nitrogen and oxygen atoms in total. The van der Waals surface area contributed by atoms with Crippen LogP contribution in [0.1, 0.15) is 35.7 Å². The Hall–Kier alpha value is -1.90. The maximum atomic E-state index is 11.4. The highest BCUT2D eigenvalue weighted by Gasteiger charge is 2.29. The van der Waals surface area contributed by atoms with E-state index in [1.165, 1.54) is 6.92 Å². The normalized spacial score (nSPS) is 17.2. The van der Waals surface area contributed by atoms with Gasteiger partial charge in [0.25, 0.3) is 0 Å². The predicted molar refractivity (Wildman–Crippen MR) is 74.7 cm³/mol. The summed E-state index contributed by atoms with van der Waals surface area (Å²) in [6.07, 6.45) is 1.13. The molecule has 1 aromatic rings. The molecule has 0 atom stereocenters. The molecule has 5 heteroatoms. The monoisotopic (exact) mass is 274 g/mol. The molecule has 1 aromatic carbocycles. The van der Waals surface area contributed by atoms with Crippen molar-refractivity contribution in [1.29, 1.82) is 5.26 Å². The van der Waals surface area contributed by atoms with Crippen molar-refractivity contribution in [1.82, 2.24) is 0 Å². The molecule has 20 heavy (non-hydrogen) atoms. The molecule has 1 aliphatic heterocycles. The minimum absolute atomic E-state index is 0.0534. The van der Waals surface area contributed by atoms with Crippen LogP contribution >= 0.6 is 0 Å². The first-order chi connectivity index (χ1) is 9.54. The first-order valence-electron chi connectivity index (χ1n) is 6.63. The van der Waals surface area contributed by atoms with Crippen LogP contribution in [0.25, 0.3) is 0 Å². The lowest BCUT2D eigenvalue weighted by Crippen LogP contribution is -2.42. The van der Waals surface area contributed by atoms with Crippen molar-refractivity contribution in [2.75, 3.05) is 25.1 Å². The van der Waals surface area contributed by atoms with Crippen LogP contribution in [0.5, 0.6) is 0 Å². The number of aliphatic hydroxyl groups is 1. The number of anilines is 1. The Morgan fingerprint density at radius 3 is 2.80 bits per heavy atom. The van der Waals surface area contributed by atoms with Gasteiger partial charge in [0.2, 0.25) is 0 Å². The van der Waals surface area contributed by atoms with E-state index < -0.39 is 5.60 Å². The first kappa shape index (κ1) is 14.5. The second kappa shape index (κ2) is 6.04. The molecule has 1 fully saturated rings. The molecule has 0 radical (unpaired) electrons. The van der Waals surface area contributed by atoms with Gasteiger partial charge in [-0.2, -0.15) is 5.26 Å². The van der Waals surface area contributed by atoms with Crippen LogP contribution in [0.3, 0.4) is 0 Å². The molecule has 2 rings (SSSR count). The van der Waals surface area contributed by atoms with Crippen LogP contribution in [-0.2, 0) is 4.74 Å². The van der Waals surface area contributed by atoms with E-state index in [0.29, 0.717) is 49.4 Å². The van der Waals surface area contributed by atoms with Crippen molar-refractivity contribution >= 4 is 11.5 Å². The Bertz CT molecular complexity index is 543. The highest BCUT2D eigenvalue weighted by Crippen LogP contribution is 2.23. The van der Waals surface area contributed by atoms with Crippen LogP contribution < -0.4 is 5.32 Å². The van der Waals surface area contributed by atoms with Crippen molar-refractivity contribution in [3.8, 4) is 6.07 Å². The van der Waals surface area contributed by atoms with Gasteiger partial charge in [-0.3, -0.25) is 4.79 Å². The number of nitrogens with zero attached hydrogens (tertiary/aromatic N) is 1. The lowest BCUT2D eigenvalue weighted by molar-refractivity contribution is -0.0543. The summed E-state index contributed by atoms with van der Waals surface area (Å²) in [5.41, 5.74) is 0.772. The van der Waals surface area contributed by atoms with Crippen molar-refractivity contribution < 1.29 is 14.6 Å². The van der Waals surface area contributed by atoms with E-state index in [2.05, 4.69) is 11.4 Å². The number of benzene rings is 1. The van der Waals surface area contributed by atoms with Crippen molar-refractivity contribution in [3.05, 3.63) is 29.3 Å². The molecular formula is C15H18N2O3. The molecule has 0 saturated carbocycles. The summed E-state index contributed by atoms with van der Waals surface area (Å²) in [5, 5.41) is 22.6.